The van der Waals surface area contributed by atoms with Gasteiger partial charge in [0.1, 0.15) is 11.6 Å². The lowest BCUT2D eigenvalue weighted by Gasteiger charge is -2.03. The molecule has 0 fully saturated rings. The number of carbonyl (C=O) groups excluding carboxylic acids is 1. The molecule has 1 aromatic rings. The van der Waals surface area contributed by atoms with Gasteiger partial charge in [-0.2, -0.15) is 5.26 Å². The first-order valence-electron chi connectivity index (χ1n) is 6.29. The molecule has 1 amide bonds. The first-order chi connectivity index (χ1) is 9.67. The second-order valence-corrected chi connectivity index (χ2v) is 4.22. The molecule has 0 atom stereocenters. The van der Waals surface area contributed by atoms with Crippen molar-refractivity contribution in [1.29, 1.82) is 5.26 Å². The molecule has 0 aliphatic rings. The van der Waals surface area contributed by atoms with E-state index in [1.807, 2.05) is 49.4 Å². The molecule has 1 rings (SSSR count). The quantitative estimate of drug-likeness (QED) is 0.373. The zero-order valence-corrected chi connectivity index (χ0v) is 11.7. The number of hydrogen-bond donors (Lipinski definition) is 1. The van der Waals surface area contributed by atoms with E-state index in [1.165, 1.54) is 0 Å². The lowest BCUT2D eigenvalue weighted by molar-refractivity contribution is -0.117. The Morgan fingerprint density at radius 2 is 2.10 bits per heavy atom. The Hall–Kier alpha value is -2.38. The molecule has 1 N–H and O–H groups in total. The highest BCUT2D eigenvalue weighted by molar-refractivity contribution is 5.97. The summed E-state index contributed by atoms with van der Waals surface area (Å²) in [6, 6.07) is 11.6. The van der Waals surface area contributed by atoms with Crippen LogP contribution in [0.15, 0.2) is 47.6 Å². The number of nitriles is 1. The van der Waals surface area contributed by atoms with Crippen LogP contribution >= 0.6 is 0 Å². The van der Waals surface area contributed by atoms with Crippen LogP contribution in [-0.4, -0.2) is 26.2 Å². The molecule has 0 saturated heterocycles. The highest BCUT2D eigenvalue weighted by Crippen LogP contribution is 2.09. The number of methoxy groups -OCH3 is 1. The largest absolute Gasteiger partial charge is 0.383 e. The van der Waals surface area contributed by atoms with Gasteiger partial charge in [-0.1, -0.05) is 36.4 Å². The second-order valence-electron chi connectivity index (χ2n) is 4.22. The normalized spacial score (nSPS) is 11.8. The van der Waals surface area contributed by atoms with Crippen LogP contribution < -0.4 is 5.32 Å². The molecular formula is C16H18N2O2. The fourth-order valence-electron chi connectivity index (χ4n) is 1.59. The monoisotopic (exact) mass is 270 g/mol. The van der Waals surface area contributed by atoms with Crippen molar-refractivity contribution in [1.82, 2.24) is 5.32 Å². The van der Waals surface area contributed by atoms with Crippen molar-refractivity contribution < 1.29 is 9.53 Å². The van der Waals surface area contributed by atoms with Crippen molar-refractivity contribution in [3.8, 4) is 6.07 Å². The van der Waals surface area contributed by atoms with E-state index in [0.29, 0.717) is 13.2 Å². The lowest BCUT2D eigenvalue weighted by atomic mass is 10.1. The predicted octanol–water partition coefficient (Wildman–Crippen LogP) is 2.30. The van der Waals surface area contributed by atoms with E-state index in [1.54, 1.807) is 13.2 Å². The van der Waals surface area contributed by atoms with Gasteiger partial charge in [-0.25, -0.2) is 0 Å². The molecule has 4 heteroatoms. The fraction of sp³-hybridized carbons (Fsp3) is 0.250. The molecular weight excluding hydrogens is 252 g/mol. The molecule has 0 aliphatic heterocycles. The summed E-state index contributed by atoms with van der Waals surface area (Å²) >= 11 is 0. The molecule has 0 saturated carbocycles. The third-order valence-corrected chi connectivity index (χ3v) is 2.52. The van der Waals surface area contributed by atoms with Crippen molar-refractivity contribution in [3.05, 3.63) is 53.1 Å². The number of benzene rings is 1. The Kier molecular flexibility index (Phi) is 6.80. The van der Waals surface area contributed by atoms with E-state index in [4.69, 9.17) is 10.00 Å². The van der Waals surface area contributed by atoms with Crippen molar-refractivity contribution in [3.63, 3.8) is 0 Å². The van der Waals surface area contributed by atoms with Crippen molar-refractivity contribution in [2.45, 2.75) is 6.92 Å². The Balaban J connectivity index is 2.76. The van der Waals surface area contributed by atoms with Crippen LogP contribution in [0.2, 0.25) is 0 Å². The predicted molar refractivity (Wildman–Crippen MR) is 78.7 cm³/mol. The summed E-state index contributed by atoms with van der Waals surface area (Å²) in [6.07, 6.45) is 3.49. The Morgan fingerprint density at radius 1 is 1.40 bits per heavy atom. The summed E-state index contributed by atoms with van der Waals surface area (Å²) in [4.78, 5) is 11.8. The van der Waals surface area contributed by atoms with E-state index in [-0.39, 0.29) is 11.5 Å². The van der Waals surface area contributed by atoms with Crippen LogP contribution in [0, 0.1) is 11.3 Å². The molecule has 0 radical (unpaired) electrons. The highest BCUT2D eigenvalue weighted by Gasteiger charge is 2.07. The van der Waals surface area contributed by atoms with E-state index < -0.39 is 0 Å². The zero-order valence-electron chi connectivity index (χ0n) is 11.7. The van der Waals surface area contributed by atoms with Crippen LogP contribution in [0.1, 0.15) is 12.5 Å². The molecule has 0 heterocycles. The van der Waals surface area contributed by atoms with E-state index in [0.717, 1.165) is 11.1 Å². The van der Waals surface area contributed by atoms with Crippen molar-refractivity contribution in [2.24, 2.45) is 0 Å². The van der Waals surface area contributed by atoms with Crippen molar-refractivity contribution >= 4 is 12.0 Å². The minimum atomic E-state index is -0.384. The van der Waals surface area contributed by atoms with Gasteiger partial charge in [0.2, 0.25) is 0 Å². The topological polar surface area (TPSA) is 62.1 Å². The van der Waals surface area contributed by atoms with Crippen LogP contribution in [0.25, 0.3) is 6.08 Å². The molecule has 0 bridgehead atoms. The fourth-order valence-corrected chi connectivity index (χ4v) is 1.59. The number of rotatable bonds is 6. The maximum absolute atomic E-state index is 11.8. The minimum Gasteiger partial charge on any atom is -0.383 e. The van der Waals surface area contributed by atoms with E-state index >= 15 is 0 Å². The summed E-state index contributed by atoms with van der Waals surface area (Å²) in [7, 11) is 1.56. The van der Waals surface area contributed by atoms with E-state index in [2.05, 4.69) is 5.32 Å². The number of amides is 1. The van der Waals surface area contributed by atoms with Gasteiger partial charge in [-0.15, -0.1) is 0 Å². The van der Waals surface area contributed by atoms with Crippen LogP contribution in [0.5, 0.6) is 0 Å². The number of allylic oxidation sites excluding steroid dienone is 2. The van der Waals surface area contributed by atoms with E-state index in [9.17, 15) is 4.79 Å². The first-order valence-corrected chi connectivity index (χ1v) is 6.29. The molecule has 0 aromatic heterocycles. The van der Waals surface area contributed by atoms with Gasteiger partial charge in [-0.05, 0) is 24.1 Å². The third-order valence-electron chi connectivity index (χ3n) is 2.52. The van der Waals surface area contributed by atoms with Crippen LogP contribution in [0.4, 0.5) is 0 Å². The highest BCUT2D eigenvalue weighted by atomic mass is 16.5. The van der Waals surface area contributed by atoms with Crippen LogP contribution in [-0.2, 0) is 9.53 Å². The third kappa shape index (κ3) is 5.51. The smallest absolute Gasteiger partial charge is 0.262 e. The average Bonchev–Trinajstić information content (AvgIpc) is 2.46. The Labute approximate surface area is 119 Å². The molecule has 104 valence electrons. The van der Waals surface area contributed by atoms with Crippen molar-refractivity contribution in [2.75, 3.05) is 20.3 Å². The molecule has 0 spiro atoms. The molecule has 0 unspecified atom stereocenters. The van der Waals surface area contributed by atoms with Gasteiger partial charge < -0.3 is 10.1 Å². The maximum Gasteiger partial charge on any atom is 0.262 e. The minimum absolute atomic E-state index is 0.0887. The van der Waals surface area contributed by atoms with Gasteiger partial charge in [0.15, 0.2) is 0 Å². The lowest BCUT2D eigenvalue weighted by Crippen LogP contribution is -2.27. The molecule has 0 aliphatic carbocycles. The number of ether oxygens (including phenoxy) is 1. The summed E-state index contributed by atoms with van der Waals surface area (Å²) in [5.74, 6) is -0.384. The first kappa shape index (κ1) is 15.7. The number of carbonyl (C=O) groups is 1. The SMILES string of the molecule is COCCNC(=O)C(C#N)=CC(C)=Cc1ccccc1. The van der Waals surface area contributed by atoms with Gasteiger partial charge in [0.25, 0.3) is 5.91 Å². The number of hydrogen-bond acceptors (Lipinski definition) is 3. The summed E-state index contributed by atoms with van der Waals surface area (Å²) < 4.78 is 4.84. The zero-order chi connectivity index (χ0) is 14.8. The second kappa shape index (κ2) is 8.68. The maximum atomic E-state index is 11.8. The van der Waals surface area contributed by atoms with Gasteiger partial charge >= 0.3 is 0 Å². The van der Waals surface area contributed by atoms with Gasteiger partial charge in [-0.3, -0.25) is 4.79 Å². The van der Waals surface area contributed by atoms with Crippen LogP contribution in [0.3, 0.4) is 0 Å². The summed E-state index contributed by atoms with van der Waals surface area (Å²) in [6.45, 7) is 2.66. The summed E-state index contributed by atoms with van der Waals surface area (Å²) in [5.41, 5.74) is 1.96. The molecule has 1 aromatic carbocycles. The molecule has 4 nitrogen and oxygen atoms in total. The van der Waals surface area contributed by atoms with Gasteiger partial charge in [0, 0.05) is 13.7 Å². The average molecular weight is 270 g/mol. The Bertz CT molecular complexity index is 539. The number of nitrogens with one attached hydrogen (secondary N) is 1. The standard InChI is InChI=1S/C16H18N2O2/c1-13(10-14-6-4-3-5-7-14)11-15(12-17)16(19)18-8-9-20-2/h3-7,10-11H,8-9H2,1-2H3,(H,18,19). The summed E-state index contributed by atoms with van der Waals surface area (Å²) in [5, 5.41) is 11.7. The number of nitrogens with zero attached hydrogens (tertiary/aromatic N) is 1. The molecule has 20 heavy (non-hydrogen) atoms. The Morgan fingerprint density at radius 3 is 2.70 bits per heavy atom. The van der Waals surface area contributed by atoms with Gasteiger partial charge in [0.05, 0.1) is 6.61 Å².